The zero-order valence-electron chi connectivity index (χ0n) is 17.2. The van der Waals surface area contributed by atoms with Crippen molar-refractivity contribution in [3.8, 4) is 0 Å². The Balaban J connectivity index is 1.92. The number of anilines is 1. The van der Waals surface area contributed by atoms with Gasteiger partial charge in [-0.15, -0.1) is 0 Å². The number of piperazine rings is 1. The van der Waals surface area contributed by atoms with Gasteiger partial charge in [0.2, 0.25) is 0 Å². The Hall–Kier alpha value is -1.59. The first-order valence-electron chi connectivity index (χ1n) is 10.00. The summed E-state index contributed by atoms with van der Waals surface area (Å²) in [5.41, 5.74) is 8.51. The fourth-order valence-electron chi connectivity index (χ4n) is 3.41. The number of guanidine groups is 1. The first-order valence-corrected chi connectivity index (χ1v) is 10.00. The molecule has 0 aromatic heterocycles. The van der Waals surface area contributed by atoms with E-state index < -0.39 is 0 Å². The van der Waals surface area contributed by atoms with Crippen LogP contribution >= 0.6 is 0 Å². The maximum Gasteiger partial charge on any atom is 0.193 e. The fourth-order valence-corrected chi connectivity index (χ4v) is 3.41. The molecule has 0 saturated carbocycles. The normalized spacial score (nSPS) is 19.5. The van der Waals surface area contributed by atoms with Crippen molar-refractivity contribution in [3.05, 3.63) is 29.8 Å². The zero-order chi connectivity index (χ0) is 19.1. The number of hydrogen-bond acceptors (Lipinski definition) is 3. The zero-order valence-corrected chi connectivity index (χ0v) is 17.2. The minimum Gasteiger partial charge on any atom is -0.370 e. The van der Waals surface area contributed by atoms with Crippen LogP contribution in [0.5, 0.6) is 0 Å². The number of nitrogens with zero attached hydrogens (tertiary/aromatic N) is 3. The molecule has 0 aliphatic carbocycles. The first kappa shape index (κ1) is 20.7. The molecule has 3 N–H and O–H groups in total. The average Bonchev–Trinajstić information content (AvgIpc) is 2.63. The van der Waals surface area contributed by atoms with Crippen LogP contribution in [0.25, 0.3) is 0 Å². The van der Waals surface area contributed by atoms with Gasteiger partial charge in [-0.25, -0.2) is 0 Å². The van der Waals surface area contributed by atoms with Gasteiger partial charge in [0.1, 0.15) is 0 Å². The molecule has 0 spiro atoms. The van der Waals surface area contributed by atoms with E-state index in [2.05, 4.69) is 79.1 Å². The number of nitrogens with two attached hydrogens (primary N) is 1. The molecule has 1 saturated heterocycles. The Morgan fingerprint density at radius 3 is 2.27 bits per heavy atom. The summed E-state index contributed by atoms with van der Waals surface area (Å²) in [5.74, 6) is 1.65. The van der Waals surface area contributed by atoms with E-state index in [1.807, 2.05) is 0 Å². The van der Waals surface area contributed by atoms with Gasteiger partial charge < -0.3 is 16.0 Å². The second-order valence-electron chi connectivity index (χ2n) is 7.93. The van der Waals surface area contributed by atoms with Crippen LogP contribution in [0.2, 0.25) is 0 Å². The molecule has 2 atom stereocenters. The van der Waals surface area contributed by atoms with Crippen LogP contribution in [0, 0.1) is 5.92 Å². The number of benzene rings is 1. The van der Waals surface area contributed by atoms with Crippen LogP contribution in [0.1, 0.15) is 45.6 Å². The lowest BCUT2D eigenvalue weighted by Gasteiger charge is -2.39. The van der Waals surface area contributed by atoms with Crippen LogP contribution in [-0.4, -0.2) is 61.6 Å². The molecule has 146 valence electrons. The Labute approximate surface area is 159 Å². The van der Waals surface area contributed by atoms with Crippen molar-refractivity contribution in [2.45, 2.75) is 46.1 Å². The molecule has 1 heterocycles. The number of aliphatic imine (C=N–C) groups is 1. The van der Waals surface area contributed by atoms with Gasteiger partial charge in [0.25, 0.3) is 0 Å². The van der Waals surface area contributed by atoms with Crippen LogP contribution in [-0.2, 0) is 0 Å². The van der Waals surface area contributed by atoms with Crippen molar-refractivity contribution >= 4 is 11.6 Å². The molecule has 2 rings (SSSR count). The minimum atomic E-state index is 0.442. The Bertz CT molecular complexity index is 558. The van der Waals surface area contributed by atoms with Gasteiger partial charge in [-0.1, -0.05) is 39.8 Å². The highest BCUT2D eigenvalue weighted by Crippen LogP contribution is 2.20. The number of rotatable bonds is 7. The molecule has 1 aliphatic heterocycles. The topological polar surface area (TPSA) is 56.9 Å². The van der Waals surface area contributed by atoms with Crippen molar-refractivity contribution in [2.75, 3.05) is 45.1 Å². The van der Waals surface area contributed by atoms with Gasteiger partial charge in [0, 0.05) is 37.9 Å². The molecule has 1 aromatic rings. The lowest BCUT2D eigenvalue weighted by Crippen LogP contribution is -2.51. The summed E-state index contributed by atoms with van der Waals surface area (Å²) in [5, 5.41) is 3.23. The summed E-state index contributed by atoms with van der Waals surface area (Å²) in [6, 6.07) is 8.96. The molecular formula is C21H37N5. The molecule has 0 radical (unpaired) electrons. The van der Waals surface area contributed by atoms with Crippen molar-refractivity contribution in [1.82, 2.24) is 9.80 Å². The van der Waals surface area contributed by atoms with Gasteiger partial charge in [-0.2, -0.15) is 0 Å². The average molecular weight is 360 g/mol. The van der Waals surface area contributed by atoms with E-state index in [1.165, 1.54) is 5.56 Å². The quantitative estimate of drug-likeness (QED) is 0.580. The van der Waals surface area contributed by atoms with Crippen molar-refractivity contribution < 1.29 is 0 Å². The van der Waals surface area contributed by atoms with E-state index >= 15 is 0 Å². The summed E-state index contributed by atoms with van der Waals surface area (Å²) < 4.78 is 0. The maximum atomic E-state index is 6.14. The third kappa shape index (κ3) is 5.99. The standard InChI is InChI=1S/C21H37N5/c1-6-17(4)18-7-9-19(10-8-18)24-21(22)23-15-20(16(2)3)26-13-11-25(5)12-14-26/h7-10,16-17,20H,6,11-15H2,1-5H3,(H3,22,23,24). The van der Waals surface area contributed by atoms with E-state index in [1.54, 1.807) is 0 Å². The Morgan fingerprint density at radius 2 is 1.73 bits per heavy atom. The van der Waals surface area contributed by atoms with Crippen LogP contribution < -0.4 is 11.1 Å². The maximum absolute atomic E-state index is 6.14. The van der Waals surface area contributed by atoms with Crippen LogP contribution in [0.4, 0.5) is 5.69 Å². The largest absolute Gasteiger partial charge is 0.370 e. The number of hydrogen-bond donors (Lipinski definition) is 2. The molecule has 1 fully saturated rings. The molecule has 0 amide bonds. The van der Waals surface area contributed by atoms with E-state index in [9.17, 15) is 0 Å². The highest BCUT2D eigenvalue weighted by atomic mass is 15.3. The summed E-state index contributed by atoms with van der Waals surface area (Å²) >= 11 is 0. The van der Waals surface area contributed by atoms with Crippen molar-refractivity contribution in [3.63, 3.8) is 0 Å². The highest BCUT2D eigenvalue weighted by molar-refractivity contribution is 5.92. The van der Waals surface area contributed by atoms with Gasteiger partial charge in [-0.05, 0) is 43.0 Å². The van der Waals surface area contributed by atoms with Crippen LogP contribution in [0.15, 0.2) is 29.3 Å². The Kier molecular flexibility index (Phi) is 7.91. The van der Waals surface area contributed by atoms with Crippen molar-refractivity contribution in [2.24, 2.45) is 16.6 Å². The lowest BCUT2D eigenvalue weighted by molar-refractivity contribution is 0.0926. The summed E-state index contributed by atoms with van der Waals surface area (Å²) in [6.45, 7) is 14.2. The predicted molar refractivity (Wildman–Crippen MR) is 113 cm³/mol. The highest BCUT2D eigenvalue weighted by Gasteiger charge is 2.24. The van der Waals surface area contributed by atoms with Gasteiger partial charge in [-0.3, -0.25) is 9.89 Å². The molecule has 5 nitrogen and oxygen atoms in total. The first-order chi connectivity index (χ1) is 12.4. The number of nitrogens with one attached hydrogen (secondary N) is 1. The molecule has 5 heteroatoms. The second-order valence-corrected chi connectivity index (χ2v) is 7.93. The van der Waals surface area contributed by atoms with E-state index in [0.29, 0.717) is 23.8 Å². The van der Waals surface area contributed by atoms with E-state index in [4.69, 9.17) is 5.73 Å². The smallest absolute Gasteiger partial charge is 0.193 e. The van der Waals surface area contributed by atoms with Gasteiger partial charge >= 0.3 is 0 Å². The Morgan fingerprint density at radius 1 is 1.12 bits per heavy atom. The molecule has 0 bridgehead atoms. The van der Waals surface area contributed by atoms with E-state index in [-0.39, 0.29) is 0 Å². The summed E-state index contributed by atoms with van der Waals surface area (Å²) in [4.78, 5) is 9.58. The molecule has 2 unspecified atom stereocenters. The number of likely N-dealkylation sites (N-methyl/N-ethyl adjacent to an activating group) is 1. The third-order valence-electron chi connectivity index (χ3n) is 5.59. The predicted octanol–water partition coefficient (Wildman–Crippen LogP) is 3.20. The van der Waals surface area contributed by atoms with Gasteiger partial charge in [0.05, 0.1) is 6.54 Å². The molecule has 1 aromatic carbocycles. The minimum absolute atomic E-state index is 0.442. The molecule has 26 heavy (non-hydrogen) atoms. The molecule has 1 aliphatic rings. The SMILES string of the molecule is CCC(C)c1ccc(NC(N)=NCC(C(C)C)N2CCN(C)CC2)cc1. The second kappa shape index (κ2) is 9.93. The van der Waals surface area contributed by atoms with Gasteiger partial charge in [0.15, 0.2) is 5.96 Å². The van der Waals surface area contributed by atoms with Crippen LogP contribution in [0.3, 0.4) is 0 Å². The van der Waals surface area contributed by atoms with E-state index in [0.717, 1.165) is 44.8 Å². The molecular weight excluding hydrogens is 322 g/mol. The van der Waals surface area contributed by atoms with Crippen molar-refractivity contribution in [1.29, 1.82) is 0 Å². The summed E-state index contributed by atoms with van der Waals surface area (Å²) in [6.07, 6.45) is 1.15. The summed E-state index contributed by atoms with van der Waals surface area (Å²) in [7, 11) is 2.19. The fraction of sp³-hybridized carbons (Fsp3) is 0.667. The lowest BCUT2D eigenvalue weighted by atomic mass is 9.99. The monoisotopic (exact) mass is 359 g/mol. The third-order valence-corrected chi connectivity index (χ3v) is 5.59.